The summed E-state index contributed by atoms with van der Waals surface area (Å²) < 4.78 is 0. The van der Waals surface area contributed by atoms with Crippen molar-refractivity contribution in [1.82, 2.24) is 0 Å². The molecule has 0 amide bonds. The number of hydrogen-bond acceptors (Lipinski definition) is 1. The number of carbonyl (C=O) groups is 1. The van der Waals surface area contributed by atoms with Gasteiger partial charge in [-0.2, -0.15) is 0 Å². The molecular weight excluding hydrogens is 184 g/mol. The van der Waals surface area contributed by atoms with E-state index in [-0.39, 0.29) is 5.41 Å². The topological polar surface area (TPSA) is 17.1 Å². The average molecular weight is 204 g/mol. The molecule has 0 aromatic heterocycles. The zero-order chi connectivity index (χ0) is 11.1. The molecule has 0 spiro atoms. The van der Waals surface area contributed by atoms with Gasteiger partial charge in [-0.05, 0) is 18.9 Å². The third-order valence-electron chi connectivity index (χ3n) is 2.99. The van der Waals surface area contributed by atoms with Crippen LogP contribution in [0.2, 0.25) is 0 Å². The van der Waals surface area contributed by atoms with Gasteiger partial charge in [0.2, 0.25) is 0 Å². The molecule has 0 radical (unpaired) electrons. The molecule has 1 heteroatoms. The largest absolute Gasteiger partial charge is 0.302 e. The highest BCUT2D eigenvalue weighted by Gasteiger charge is 2.24. The van der Waals surface area contributed by atoms with E-state index in [0.29, 0.717) is 0 Å². The molecule has 1 atom stereocenters. The maximum Gasteiger partial charge on any atom is 0.130 e. The summed E-state index contributed by atoms with van der Waals surface area (Å²) in [4.78, 5) is 11.2. The Balaban J connectivity index is 2.72. The van der Waals surface area contributed by atoms with Gasteiger partial charge in [-0.1, -0.05) is 56.5 Å². The summed E-state index contributed by atoms with van der Waals surface area (Å²) in [6.45, 7) is 4.21. The first-order valence-electron chi connectivity index (χ1n) is 5.75. The Morgan fingerprint density at radius 1 is 1.20 bits per heavy atom. The van der Waals surface area contributed by atoms with Gasteiger partial charge in [0.1, 0.15) is 6.29 Å². The first-order chi connectivity index (χ1) is 7.23. The van der Waals surface area contributed by atoms with Crippen LogP contribution < -0.4 is 0 Å². The number of unbranched alkanes of at least 4 members (excludes halogenated alkanes) is 2. The lowest BCUT2D eigenvalue weighted by Gasteiger charge is -2.23. The van der Waals surface area contributed by atoms with Crippen LogP contribution in [-0.2, 0) is 10.2 Å². The lowest BCUT2D eigenvalue weighted by Crippen LogP contribution is -2.23. The summed E-state index contributed by atoms with van der Waals surface area (Å²) in [7, 11) is 0. The number of rotatable bonds is 6. The fourth-order valence-corrected chi connectivity index (χ4v) is 1.83. The van der Waals surface area contributed by atoms with E-state index in [1.54, 1.807) is 0 Å². The van der Waals surface area contributed by atoms with E-state index >= 15 is 0 Å². The standard InChI is InChI=1S/C14H20O/c1-3-4-8-11-14(2,12-15)13-9-6-5-7-10-13/h5-7,9-10,12H,3-4,8,11H2,1-2H3/t14-/m1/s1. The van der Waals surface area contributed by atoms with E-state index < -0.39 is 0 Å². The summed E-state index contributed by atoms with van der Waals surface area (Å²) in [5.74, 6) is 0. The molecule has 0 N–H and O–H groups in total. The van der Waals surface area contributed by atoms with E-state index in [1.807, 2.05) is 37.3 Å². The van der Waals surface area contributed by atoms with Crippen LogP contribution in [0.3, 0.4) is 0 Å². The van der Waals surface area contributed by atoms with Gasteiger partial charge in [0.05, 0.1) is 0 Å². The van der Waals surface area contributed by atoms with Crippen LogP contribution >= 0.6 is 0 Å². The van der Waals surface area contributed by atoms with E-state index in [2.05, 4.69) is 6.92 Å². The Labute approximate surface area is 92.5 Å². The molecule has 1 aromatic rings. The second-order valence-electron chi connectivity index (χ2n) is 4.36. The Hall–Kier alpha value is -1.11. The summed E-state index contributed by atoms with van der Waals surface area (Å²) >= 11 is 0. The van der Waals surface area contributed by atoms with E-state index in [0.717, 1.165) is 24.7 Å². The molecule has 0 saturated carbocycles. The Kier molecular flexibility index (Phi) is 4.54. The predicted molar refractivity (Wildman–Crippen MR) is 64.0 cm³/mol. The van der Waals surface area contributed by atoms with Crippen molar-refractivity contribution in [2.75, 3.05) is 0 Å². The van der Waals surface area contributed by atoms with Crippen molar-refractivity contribution < 1.29 is 4.79 Å². The molecular formula is C14H20O. The van der Waals surface area contributed by atoms with Crippen molar-refractivity contribution in [2.45, 2.75) is 44.9 Å². The molecule has 0 fully saturated rings. The van der Waals surface area contributed by atoms with Gasteiger partial charge in [0.25, 0.3) is 0 Å². The predicted octanol–water partition coefficient (Wildman–Crippen LogP) is 3.72. The van der Waals surface area contributed by atoms with Crippen molar-refractivity contribution >= 4 is 6.29 Å². The summed E-state index contributed by atoms with van der Waals surface area (Å²) in [6.07, 6.45) is 5.58. The zero-order valence-electron chi connectivity index (χ0n) is 9.70. The lowest BCUT2D eigenvalue weighted by molar-refractivity contribution is -0.112. The molecule has 0 saturated heterocycles. The van der Waals surface area contributed by atoms with Crippen LogP contribution in [0.4, 0.5) is 0 Å². The van der Waals surface area contributed by atoms with E-state index in [4.69, 9.17) is 0 Å². The number of hydrogen-bond donors (Lipinski definition) is 0. The number of carbonyl (C=O) groups excluding carboxylic acids is 1. The van der Waals surface area contributed by atoms with Crippen molar-refractivity contribution in [2.24, 2.45) is 0 Å². The highest BCUT2D eigenvalue weighted by molar-refractivity contribution is 5.67. The Morgan fingerprint density at radius 2 is 1.87 bits per heavy atom. The van der Waals surface area contributed by atoms with Crippen LogP contribution in [0, 0.1) is 0 Å². The van der Waals surface area contributed by atoms with Crippen LogP contribution in [0.25, 0.3) is 0 Å². The lowest BCUT2D eigenvalue weighted by atomic mass is 9.79. The third-order valence-corrected chi connectivity index (χ3v) is 2.99. The molecule has 82 valence electrons. The molecule has 0 aliphatic heterocycles. The average Bonchev–Trinajstić information content (AvgIpc) is 2.30. The SMILES string of the molecule is CCCCC[C@](C)(C=O)c1ccccc1. The smallest absolute Gasteiger partial charge is 0.130 e. The minimum atomic E-state index is -0.295. The fourth-order valence-electron chi connectivity index (χ4n) is 1.83. The summed E-state index contributed by atoms with van der Waals surface area (Å²) in [5, 5.41) is 0. The minimum Gasteiger partial charge on any atom is -0.302 e. The number of benzene rings is 1. The molecule has 1 nitrogen and oxygen atoms in total. The molecule has 15 heavy (non-hydrogen) atoms. The van der Waals surface area contributed by atoms with Crippen molar-refractivity contribution in [1.29, 1.82) is 0 Å². The zero-order valence-corrected chi connectivity index (χ0v) is 9.70. The summed E-state index contributed by atoms with van der Waals surface area (Å²) in [5.41, 5.74) is 0.840. The van der Waals surface area contributed by atoms with Gasteiger partial charge in [-0.3, -0.25) is 0 Å². The van der Waals surface area contributed by atoms with Crippen LogP contribution in [0.1, 0.15) is 45.1 Å². The van der Waals surface area contributed by atoms with Crippen molar-refractivity contribution in [3.05, 3.63) is 35.9 Å². The van der Waals surface area contributed by atoms with Gasteiger partial charge in [-0.25, -0.2) is 0 Å². The van der Waals surface area contributed by atoms with Gasteiger partial charge >= 0.3 is 0 Å². The Bertz CT molecular complexity index is 291. The maximum atomic E-state index is 11.2. The normalized spacial score (nSPS) is 14.5. The molecule has 0 heterocycles. The molecule has 0 aliphatic rings. The molecule has 0 unspecified atom stereocenters. The third kappa shape index (κ3) is 3.19. The van der Waals surface area contributed by atoms with Crippen LogP contribution in [0.5, 0.6) is 0 Å². The second-order valence-corrected chi connectivity index (χ2v) is 4.36. The minimum absolute atomic E-state index is 0.295. The van der Waals surface area contributed by atoms with Gasteiger partial charge in [0.15, 0.2) is 0 Å². The number of aldehydes is 1. The maximum absolute atomic E-state index is 11.2. The second kappa shape index (κ2) is 5.69. The van der Waals surface area contributed by atoms with Gasteiger partial charge in [0, 0.05) is 5.41 Å². The van der Waals surface area contributed by atoms with Crippen molar-refractivity contribution in [3.63, 3.8) is 0 Å². The molecule has 1 aromatic carbocycles. The first kappa shape index (κ1) is 12.0. The quantitative estimate of drug-likeness (QED) is 0.510. The van der Waals surface area contributed by atoms with Crippen LogP contribution in [0.15, 0.2) is 30.3 Å². The van der Waals surface area contributed by atoms with E-state index in [9.17, 15) is 4.79 Å². The molecule has 0 aliphatic carbocycles. The highest BCUT2D eigenvalue weighted by Crippen LogP contribution is 2.27. The highest BCUT2D eigenvalue weighted by atomic mass is 16.1. The van der Waals surface area contributed by atoms with E-state index in [1.165, 1.54) is 12.8 Å². The molecule has 0 bridgehead atoms. The fraction of sp³-hybridized carbons (Fsp3) is 0.500. The first-order valence-corrected chi connectivity index (χ1v) is 5.75. The monoisotopic (exact) mass is 204 g/mol. The van der Waals surface area contributed by atoms with Gasteiger partial charge < -0.3 is 4.79 Å². The summed E-state index contributed by atoms with van der Waals surface area (Å²) in [6, 6.07) is 10.1. The van der Waals surface area contributed by atoms with Gasteiger partial charge in [-0.15, -0.1) is 0 Å². The molecule has 1 rings (SSSR count). The van der Waals surface area contributed by atoms with Crippen molar-refractivity contribution in [3.8, 4) is 0 Å². The Morgan fingerprint density at radius 3 is 2.40 bits per heavy atom. The van der Waals surface area contributed by atoms with Crippen LogP contribution in [-0.4, -0.2) is 6.29 Å².